The van der Waals surface area contributed by atoms with Gasteiger partial charge in [0.25, 0.3) is 5.11 Å². The average Bonchev–Trinajstić information content (AvgIpc) is 2.18. The fourth-order valence-electron chi connectivity index (χ4n) is 1.25. The predicted molar refractivity (Wildman–Crippen MR) is 64.2 cm³/mol. The van der Waals surface area contributed by atoms with Crippen LogP contribution in [0, 0.1) is 0 Å². The van der Waals surface area contributed by atoms with Crippen molar-refractivity contribution < 1.29 is 3.89 Å². The summed E-state index contributed by atoms with van der Waals surface area (Å²) < 4.78 is 0.469. The van der Waals surface area contributed by atoms with Crippen LogP contribution in [0.25, 0.3) is 0 Å². The number of thiocarbonyl (C=S) groups is 1. The number of nitrogens with zero attached hydrogens (tertiary/aromatic N) is 2. The quantitative estimate of drug-likeness (QED) is 0.405. The average molecular weight is 220 g/mol. The molecule has 0 aliphatic carbocycles. The third-order valence-electron chi connectivity index (χ3n) is 2.40. The van der Waals surface area contributed by atoms with Gasteiger partial charge in [0.05, 0.1) is 13.1 Å². The Balaban J connectivity index is 4.53. The van der Waals surface area contributed by atoms with Gasteiger partial charge in [-0.15, -0.1) is 0 Å². The lowest BCUT2D eigenvalue weighted by molar-refractivity contribution is -0.696. The molecule has 0 aromatic carbocycles. The van der Waals surface area contributed by atoms with Crippen LogP contribution in [0.4, 0.5) is 0 Å². The minimum atomic E-state index is 0.469. The molecule has 0 N–H and O–H groups in total. The Labute approximate surface area is 93.0 Å². The van der Waals surface area contributed by atoms with Crippen LogP contribution in [-0.2, 0) is 12.8 Å². The van der Waals surface area contributed by atoms with E-state index in [1.165, 1.54) is 0 Å². The molecule has 0 heterocycles. The van der Waals surface area contributed by atoms with Crippen LogP contribution >= 0.6 is 12.2 Å². The van der Waals surface area contributed by atoms with Gasteiger partial charge in [0.2, 0.25) is 0 Å². The SMILES string of the molecule is CCN(CC)C(=S)[N+]([S-])(CC)CC. The van der Waals surface area contributed by atoms with Crippen molar-refractivity contribution >= 4 is 30.1 Å². The molecule has 0 saturated heterocycles. The number of rotatable bonds is 4. The molecule has 0 rings (SSSR count). The molecule has 0 aromatic rings. The first-order valence-electron chi connectivity index (χ1n) is 4.93. The fraction of sp³-hybridized carbons (Fsp3) is 0.889. The van der Waals surface area contributed by atoms with E-state index in [-0.39, 0.29) is 0 Å². The van der Waals surface area contributed by atoms with Crippen molar-refractivity contribution in [2.45, 2.75) is 27.7 Å². The van der Waals surface area contributed by atoms with Gasteiger partial charge < -0.3 is 21.6 Å². The Bertz CT molecular complexity index is 163. The second-order valence-electron chi connectivity index (χ2n) is 2.98. The molecule has 0 aliphatic rings. The first kappa shape index (κ1) is 13.2. The third kappa shape index (κ3) is 3.11. The molecule has 4 heteroatoms. The number of hydrogen-bond acceptors (Lipinski definition) is 2. The van der Waals surface area contributed by atoms with Gasteiger partial charge in [-0.1, -0.05) is 0 Å². The van der Waals surface area contributed by atoms with E-state index in [1.807, 2.05) is 0 Å². The van der Waals surface area contributed by atoms with Gasteiger partial charge in [0.15, 0.2) is 0 Å². The van der Waals surface area contributed by atoms with E-state index in [4.69, 9.17) is 25.0 Å². The zero-order valence-electron chi connectivity index (χ0n) is 9.04. The molecule has 0 fully saturated rings. The molecule has 0 radical (unpaired) electrons. The summed E-state index contributed by atoms with van der Waals surface area (Å²) >= 11 is 10.9. The lowest BCUT2D eigenvalue weighted by Gasteiger charge is -2.45. The smallest absolute Gasteiger partial charge is 0.254 e. The van der Waals surface area contributed by atoms with E-state index in [2.05, 4.69) is 32.6 Å². The predicted octanol–water partition coefficient (Wildman–Crippen LogP) is 1.93. The monoisotopic (exact) mass is 220 g/mol. The normalized spacial score (nSPS) is 11.5. The first-order chi connectivity index (χ1) is 6.05. The van der Waals surface area contributed by atoms with Gasteiger partial charge >= 0.3 is 0 Å². The second kappa shape index (κ2) is 5.83. The maximum absolute atomic E-state index is 5.49. The summed E-state index contributed by atoms with van der Waals surface area (Å²) in [6.07, 6.45) is 0. The van der Waals surface area contributed by atoms with Crippen molar-refractivity contribution in [1.29, 1.82) is 0 Å². The van der Waals surface area contributed by atoms with Crippen LogP contribution in [0.15, 0.2) is 0 Å². The summed E-state index contributed by atoms with van der Waals surface area (Å²) in [4.78, 5) is 2.16. The number of hydrogen-bond donors (Lipinski definition) is 0. The van der Waals surface area contributed by atoms with E-state index >= 15 is 0 Å². The molecule has 78 valence electrons. The van der Waals surface area contributed by atoms with Crippen LogP contribution in [0.3, 0.4) is 0 Å². The molecule has 0 spiro atoms. The van der Waals surface area contributed by atoms with Crippen LogP contribution in [-0.4, -0.2) is 40.1 Å². The summed E-state index contributed by atoms with van der Waals surface area (Å²) in [6.45, 7) is 12.1. The van der Waals surface area contributed by atoms with Crippen molar-refractivity contribution in [3.8, 4) is 0 Å². The van der Waals surface area contributed by atoms with Gasteiger partial charge in [-0.05, 0) is 27.7 Å². The Morgan fingerprint density at radius 1 is 1.15 bits per heavy atom. The molecule has 2 nitrogen and oxygen atoms in total. The number of quaternary nitrogens is 1. The van der Waals surface area contributed by atoms with Crippen LogP contribution < -0.4 is 0 Å². The van der Waals surface area contributed by atoms with E-state index in [0.717, 1.165) is 31.3 Å². The highest BCUT2D eigenvalue weighted by molar-refractivity contribution is 7.80. The summed E-state index contributed by atoms with van der Waals surface area (Å²) in [5, 5.41) is 0.894. The molecular weight excluding hydrogens is 200 g/mol. The van der Waals surface area contributed by atoms with Gasteiger partial charge in [0.1, 0.15) is 0 Å². The summed E-state index contributed by atoms with van der Waals surface area (Å²) in [5.41, 5.74) is 0. The van der Waals surface area contributed by atoms with Crippen molar-refractivity contribution in [3.05, 3.63) is 0 Å². The van der Waals surface area contributed by atoms with Crippen molar-refractivity contribution in [2.24, 2.45) is 0 Å². The van der Waals surface area contributed by atoms with E-state index in [1.54, 1.807) is 0 Å². The second-order valence-corrected chi connectivity index (χ2v) is 4.04. The zero-order chi connectivity index (χ0) is 10.5. The molecule has 0 unspecified atom stereocenters. The van der Waals surface area contributed by atoms with Gasteiger partial charge in [-0.2, -0.15) is 0 Å². The van der Waals surface area contributed by atoms with E-state index in [0.29, 0.717) is 3.89 Å². The van der Waals surface area contributed by atoms with Gasteiger partial charge in [-0.25, -0.2) is 0 Å². The highest BCUT2D eigenvalue weighted by Crippen LogP contribution is 2.09. The zero-order valence-corrected chi connectivity index (χ0v) is 10.7. The summed E-state index contributed by atoms with van der Waals surface area (Å²) in [6, 6.07) is 0. The topological polar surface area (TPSA) is 3.24 Å². The Morgan fingerprint density at radius 2 is 1.54 bits per heavy atom. The summed E-state index contributed by atoms with van der Waals surface area (Å²) in [7, 11) is 0. The maximum Gasteiger partial charge on any atom is 0.254 e. The molecule has 0 aromatic heterocycles. The van der Waals surface area contributed by atoms with Gasteiger partial charge in [-0.3, -0.25) is 0 Å². The molecule has 0 aliphatic heterocycles. The Kier molecular flexibility index (Phi) is 5.92. The molecule has 0 amide bonds. The third-order valence-corrected chi connectivity index (χ3v) is 3.82. The largest absolute Gasteiger partial charge is 0.485 e. The minimum absolute atomic E-state index is 0.469. The Morgan fingerprint density at radius 3 is 1.77 bits per heavy atom. The highest BCUT2D eigenvalue weighted by atomic mass is 32.1. The molecule has 13 heavy (non-hydrogen) atoms. The highest BCUT2D eigenvalue weighted by Gasteiger charge is 2.21. The minimum Gasteiger partial charge on any atom is -0.485 e. The van der Waals surface area contributed by atoms with Crippen molar-refractivity contribution in [1.82, 2.24) is 4.90 Å². The molecule has 0 saturated carbocycles. The molecule has 0 atom stereocenters. The van der Waals surface area contributed by atoms with Crippen LogP contribution in [0.1, 0.15) is 27.7 Å². The summed E-state index contributed by atoms with van der Waals surface area (Å²) in [5.74, 6) is 0. The molecular formula is C9H20N2S2. The fourth-order valence-corrected chi connectivity index (χ4v) is 1.88. The van der Waals surface area contributed by atoms with E-state index < -0.39 is 0 Å². The lowest BCUT2D eigenvalue weighted by atomic mass is 10.5. The van der Waals surface area contributed by atoms with Crippen molar-refractivity contribution in [3.63, 3.8) is 0 Å². The van der Waals surface area contributed by atoms with Gasteiger partial charge in [0, 0.05) is 25.3 Å². The van der Waals surface area contributed by atoms with Crippen LogP contribution in [0.2, 0.25) is 0 Å². The molecule has 0 bridgehead atoms. The van der Waals surface area contributed by atoms with Crippen LogP contribution in [0.5, 0.6) is 0 Å². The lowest BCUT2D eigenvalue weighted by Crippen LogP contribution is -2.54. The first-order valence-corrected chi connectivity index (χ1v) is 5.70. The van der Waals surface area contributed by atoms with Crippen molar-refractivity contribution in [2.75, 3.05) is 26.2 Å². The Hall–Kier alpha value is 0.200. The maximum atomic E-state index is 5.49. The standard InChI is InChI=1S/C9H20N2S2/c1-5-10(6-2)9(12)11(13,7-3)8-4/h5-8H2,1-4H3. The van der Waals surface area contributed by atoms with E-state index in [9.17, 15) is 0 Å².